The van der Waals surface area contributed by atoms with E-state index in [1.165, 1.54) is 19.5 Å². The van der Waals surface area contributed by atoms with E-state index in [1.807, 2.05) is 30.3 Å². The van der Waals surface area contributed by atoms with E-state index >= 15 is 0 Å². The molecule has 1 amide bonds. The highest BCUT2D eigenvalue weighted by Gasteiger charge is 2.12. The second kappa shape index (κ2) is 9.91. The summed E-state index contributed by atoms with van der Waals surface area (Å²) in [6, 6.07) is 16.3. The van der Waals surface area contributed by atoms with Crippen molar-refractivity contribution in [3.05, 3.63) is 87.7 Å². The number of rotatable bonds is 7. The Morgan fingerprint density at radius 1 is 1.17 bits per heavy atom. The number of carbonyl (C=O) groups is 1. The number of nitrogens with zero attached hydrogens (tertiary/aromatic N) is 2. The third-order valence-electron chi connectivity index (χ3n) is 3.86. The molecule has 0 saturated heterocycles. The van der Waals surface area contributed by atoms with E-state index in [2.05, 4.69) is 15.5 Å². The SMILES string of the molecule is COc1cc(C=NNC(=O)c2cccnc2Cl)cc(Cl)c1OCc1ccccc1. The smallest absolute Gasteiger partial charge is 0.274 e. The number of methoxy groups -OCH3 is 1. The maximum absolute atomic E-state index is 12.1. The summed E-state index contributed by atoms with van der Waals surface area (Å²) in [5.74, 6) is 0.415. The molecule has 0 unspecified atom stereocenters. The summed E-state index contributed by atoms with van der Waals surface area (Å²) in [5, 5.41) is 4.40. The first-order valence-corrected chi connectivity index (χ1v) is 9.32. The molecule has 0 saturated carbocycles. The first-order valence-electron chi connectivity index (χ1n) is 8.56. The lowest BCUT2D eigenvalue weighted by molar-refractivity contribution is 0.0955. The molecule has 3 rings (SSSR count). The van der Waals surface area contributed by atoms with E-state index in [0.29, 0.717) is 28.7 Å². The molecule has 2 aromatic carbocycles. The minimum absolute atomic E-state index is 0.102. The van der Waals surface area contributed by atoms with Crippen LogP contribution in [0.1, 0.15) is 21.5 Å². The van der Waals surface area contributed by atoms with Crippen molar-refractivity contribution < 1.29 is 14.3 Å². The largest absolute Gasteiger partial charge is 0.493 e. The minimum atomic E-state index is -0.472. The van der Waals surface area contributed by atoms with Crippen molar-refractivity contribution >= 4 is 35.3 Å². The van der Waals surface area contributed by atoms with Crippen molar-refractivity contribution in [1.29, 1.82) is 0 Å². The zero-order chi connectivity index (χ0) is 20.6. The quantitative estimate of drug-likeness (QED) is 0.334. The van der Waals surface area contributed by atoms with E-state index in [-0.39, 0.29) is 10.7 Å². The van der Waals surface area contributed by atoms with Crippen LogP contribution < -0.4 is 14.9 Å². The molecule has 8 heteroatoms. The first kappa shape index (κ1) is 20.6. The predicted octanol–water partition coefficient (Wildman–Crippen LogP) is 4.74. The molecule has 29 heavy (non-hydrogen) atoms. The standard InChI is InChI=1S/C21H17Cl2N3O3/c1-28-18-11-15(12-25-26-21(27)16-8-5-9-24-20(16)23)10-17(22)19(18)29-13-14-6-3-2-4-7-14/h2-12H,13H2,1H3,(H,26,27). The van der Waals surface area contributed by atoms with Crippen LogP contribution in [-0.4, -0.2) is 24.2 Å². The molecule has 1 aromatic heterocycles. The Kier molecular flexibility index (Phi) is 7.05. The highest BCUT2D eigenvalue weighted by Crippen LogP contribution is 2.36. The van der Waals surface area contributed by atoms with Gasteiger partial charge in [-0.25, -0.2) is 10.4 Å². The molecule has 3 aromatic rings. The molecule has 0 bridgehead atoms. The van der Waals surface area contributed by atoms with Crippen LogP contribution in [0.5, 0.6) is 11.5 Å². The fourth-order valence-corrected chi connectivity index (χ4v) is 2.94. The number of ether oxygens (including phenoxy) is 2. The number of carbonyl (C=O) groups excluding carboxylic acids is 1. The normalized spacial score (nSPS) is 10.7. The van der Waals surface area contributed by atoms with Crippen LogP contribution in [0, 0.1) is 0 Å². The van der Waals surface area contributed by atoms with Crippen LogP contribution in [0.3, 0.4) is 0 Å². The van der Waals surface area contributed by atoms with Gasteiger partial charge in [-0.2, -0.15) is 5.10 Å². The van der Waals surface area contributed by atoms with E-state index in [0.717, 1.165) is 5.56 Å². The fourth-order valence-electron chi connectivity index (χ4n) is 2.47. The molecule has 0 aliphatic rings. The van der Waals surface area contributed by atoms with Crippen molar-refractivity contribution in [2.45, 2.75) is 6.61 Å². The van der Waals surface area contributed by atoms with Gasteiger partial charge in [0.25, 0.3) is 5.91 Å². The van der Waals surface area contributed by atoms with Crippen molar-refractivity contribution in [3.8, 4) is 11.5 Å². The summed E-state index contributed by atoms with van der Waals surface area (Å²) in [6.07, 6.45) is 2.94. The zero-order valence-electron chi connectivity index (χ0n) is 15.4. The summed E-state index contributed by atoms with van der Waals surface area (Å²) in [7, 11) is 1.52. The highest BCUT2D eigenvalue weighted by molar-refractivity contribution is 6.33. The predicted molar refractivity (Wildman–Crippen MR) is 113 cm³/mol. The van der Waals surface area contributed by atoms with E-state index < -0.39 is 5.91 Å². The average Bonchev–Trinajstić information content (AvgIpc) is 2.73. The number of benzene rings is 2. The number of amides is 1. The molecule has 6 nitrogen and oxygen atoms in total. The molecule has 0 fully saturated rings. The van der Waals surface area contributed by atoms with Crippen LogP contribution in [0.15, 0.2) is 65.9 Å². The summed E-state index contributed by atoms with van der Waals surface area (Å²) >= 11 is 12.3. The van der Waals surface area contributed by atoms with E-state index in [9.17, 15) is 4.79 Å². The second-order valence-corrected chi connectivity index (χ2v) is 6.61. The molecule has 0 radical (unpaired) electrons. The summed E-state index contributed by atoms with van der Waals surface area (Å²) in [5.41, 5.74) is 4.25. The van der Waals surface area contributed by atoms with Gasteiger partial charge in [-0.15, -0.1) is 0 Å². The van der Waals surface area contributed by atoms with Crippen LogP contribution in [0.2, 0.25) is 10.2 Å². The Hall–Kier alpha value is -3.09. The van der Waals surface area contributed by atoms with Gasteiger partial charge in [0, 0.05) is 6.20 Å². The number of pyridine rings is 1. The molecular weight excluding hydrogens is 413 g/mol. The van der Waals surface area contributed by atoms with Crippen molar-refractivity contribution in [1.82, 2.24) is 10.4 Å². The van der Waals surface area contributed by atoms with Gasteiger partial charge in [0.15, 0.2) is 11.5 Å². The van der Waals surface area contributed by atoms with Gasteiger partial charge in [-0.1, -0.05) is 53.5 Å². The van der Waals surface area contributed by atoms with Gasteiger partial charge in [0.1, 0.15) is 11.8 Å². The van der Waals surface area contributed by atoms with E-state index in [4.69, 9.17) is 32.7 Å². The molecule has 0 atom stereocenters. The fraction of sp³-hybridized carbons (Fsp3) is 0.0952. The van der Waals surface area contributed by atoms with Gasteiger partial charge >= 0.3 is 0 Å². The highest BCUT2D eigenvalue weighted by atomic mass is 35.5. The lowest BCUT2D eigenvalue weighted by atomic mass is 10.2. The summed E-state index contributed by atoms with van der Waals surface area (Å²) in [6.45, 7) is 0.353. The van der Waals surface area contributed by atoms with Gasteiger partial charge in [0.2, 0.25) is 0 Å². The number of halogens is 2. The lowest BCUT2D eigenvalue weighted by Gasteiger charge is -2.13. The van der Waals surface area contributed by atoms with Crippen LogP contribution in [0.4, 0.5) is 0 Å². The zero-order valence-corrected chi connectivity index (χ0v) is 16.9. The minimum Gasteiger partial charge on any atom is -0.493 e. The average molecular weight is 430 g/mol. The maximum Gasteiger partial charge on any atom is 0.274 e. The number of aromatic nitrogens is 1. The third-order valence-corrected chi connectivity index (χ3v) is 4.44. The van der Waals surface area contributed by atoms with Crippen molar-refractivity contribution in [3.63, 3.8) is 0 Å². The molecule has 0 aliphatic carbocycles. The van der Waals surface area contributed by atoms with Gasteiger partial charge in [-0.3, -0.25) is 4.79 Å². The number of hydrogen-bond donors (Lipinski definition) is 1. The molecule has 1 heterocycles. The monoisotopic (exact) mass is 429 g/mol. The number of hydrazone groups is 1. The first-order chi connectivity index (χ1) is 14.1. The Bertz CT molecular complexity index is 1030. The lowest BCUT2D eigenvalue weighted by Crippen LogP contribution is -2.18. The van der Waals surface area contributed by atoms with Crippen LogP contribution in [0.25, 0.3) is 0 Å². The maximum atomic E-state index is 12.1. The molecule has 0 spiro atoms. The van der Waals surface area contributed by atoms with Gasteiger partial charge in [0.05, 0.1) is 23.9 Å². The Morgan fingerprint density at radius 3 is 2.69 bits per heavy atom. The van der Waals surface area contributed by atoms with Gasteiger partial charge < -0.3 is 9.47 Å². The summed E-state index contributed by atoms with van der Waals surface area (Å²) < 4.78 is 11.2. The number of hydrogen-bond acceptors (Lipinski definition) is 5. The Labute approximate surface area is 178 Å². The van der Waals surface area contributed by atoms with Crippen molar-refractivity contribution in [2.24, 2.45) is 5.10 Å². The van der Waals surface area contributed by atoms with Crippen LogP contribution >= 0.6 is 23.2 Å². The molecule has 148 valence electrons. The third kappa shape index (κ3) is 5.47. The summed E-state index contributed by atoms with van der Waals surface area (Å²) in [4.78, 5) is 16.0. The number of nitrogens with one attached hydrogen (secondary N) is 1. The topological polar surface area (TPSA) is 72.8 Å². The van der Waals surface area contributed by atoms with Crippen molar-refractivity contribution in [2.75, 3.05) is 7.11 Å². The van der Waals surface area contributed by atoms with E-state index in [1.54, 1.807) is 24.3 Å². The van der Waals surface area contributed by atoms with Gasteiger partial charge in [-0.05, 0) is 35.4 Å². The molecular formula is C21H17Cl2N3O3. The second-order valence-electron chi connectivity index (χ2n) is 5.85. The molecule has 0 aliphatic heterocycles. The van der Waals surface area contributed by atoms with Crippen LogP contribution in [-0.2, 0) is 6.61 Å². The molecule has 1 N–H and O–H groups in total. The Morgan fingerprint density at radius 2 is 1.97 bits per heavy atom. The Balaban J connectivity index is 1.70.